The van der Waals surface area contributed by atoms with Crippen LogP contribution in [0.1, 0.15) is 59.2 Å². The highest BCUT2D eigenvalue weighted by atomic mass is 32.2. The van der Waals surface area contributed by atoms with Gasteiger partial charge in [-0.2, -0.15) is 0 Å². The van der Waals surface area contributed by atoms with Crippen LogP contribution in [0, 0.1) is 26.7 Å². The zero-order valence-electron chi connectivity index (χ0n) is 20.3. The Hall–Kier alpha value is -2.80. The molecule has 34 heavy (non-hydrogen) atoms. The van der Waals surface area contributed by atoms with Crippen LogP contribution in [0.5, 0.6) is 0 Å². The molecule has 1 aliphatic rings. The van der Waals surface area contributed by atoms with Gasteiger partial charge in [-0.1, -0.05) is 49.1 Å². The van der Waals surface area contributed by atoms with E-state index in [9.17, 15) is 14.4 Å². The Morgan fingerprint density at radius 3 is 2.29 bits per heavy atom. The minimum atomic E-state index is -0.335. The van der Waals surface area contributed by atoms with Crippen LogP contribution in [0.3, 0.4) is 0 Å². The van der Waals surface area contributed by atoms with E-state index in [4.69, 9.17) is 0 Å². The first-order valence-corrected chi connectivity index (χ1v) is 13.0. The monoisotopic (exact) mass is 481 g/mol. The Balaban J connectivity index is 1.49. The van der Waals surface area contributed by atoms with Gasteiger partial charge < -0.3 is 16.0 Å². The second-order valence-electron chi connectivity index (χ2n) is 9.10. The summed E-state index contributed by atoms with van der Waals surface area (Å²) in [7, 11) is 0. The lowest BCUT2D eigenvalue weighted by molar-refractivity contribution is -0.118. The molecule has 182 valence electrons. The van der Waals surface area contributed by atoms with E-state index in [0.717, 1.165) is 33.8 Å². The van der Waals surface area contributed by atoms with Crippen molar-refractivity contribution in [3.8, 4) is 0 Å². The van der Waals surface area contributed by atoms with Crippen molar-refractivity contribution in [3.63, 3.8) is 0 Å². The average Bonchev–Trinajstić information content (AvgIpc) is 2.83. The molecule has 0 unspecified atom stereocenters. The number of carbonyl (C=O) groups excluding carboxylic acids is 3. The summed E-state index contributed by atoms with van der Waals surface area (Å²) in [6, 6.07) is 11.2. The van der Waals surface area contributed by atoms with E-state index >= 15 is 0 Å². The standard InChI is InChI=1S/C27H35N3O3S/c1-18-13-19(2)26(20(3)14-18)30-24(31)16-29-27(33)22-11-7-8-12-23(22)34-17-25(32)28-15-21-9-5-4-6-10-21/h7-8,11-14,21H,4-6,9-10,15-17H2,1-3H3,(H,28,32)(H,29,33)(H,30,31). The largest absolute Gasteiger partial charge is 0.355 e. The number of aryl methyl sites for hydroxylation is 3. The van der Waals surface area contributed by atoms with Crippen LogP contribution in [0.15, 0.2) is 41.3 Å². The molecule has 1 saturated carbocycles. The molecule has 2 aromatic carbocycles. The van der Waals surface area contributed by atoms with Gasteiger partial charge in [0.25, 0.3) is 5.91 Å². The molecule has 0 heterocycles. The summed E-state index contributed by atoms with van der Waals surface area (Å²) < 4.78 is 0. The van der Waals surface area contributed by atoms with Crippen LogP contribution in [0.4, 0.5) is 5.69 Å². The SMILES string of the molecule is Cc1cc(C)c(NC(=O)CNC(=O)c2ccccc2SCC(=O)NCC2CCCCC2)c(C)c1. The summed E-state index contributed by atoms with van der Waals surface area (Å²) in [6.45, 7) is 6.52. The second kappa shape index (κ2) is 12.6. The van der Waals surface area contributed by atoms with Crippen molar-refractivity contribution in [1.82, 2.24) is 10.6 Å². The number of thioether (sulfide) groups is 1. The van der Waals surface area contributed by atoms with Crippen molar-refractivity contribution in [3.05, 3.63) is 58.7 Å². The van der Waals surface area contributed by atoms with Gasteiger partial charge in [0.05, 0.1) is 17.9 Å². The smallest absolute Gasteiger partial charge is 0.252 e. The molecule has 0 aromatic heterocycles. The van der Waals surface area contributed by atoms with E-state index < -0.39 is 0 Å². The maximum atomic E-state index is 12.8. The predicted molar refractivity (Wildman–Crippen MR) is 138 cm³/mol. The molecular formula is C27H35N3O3S. The molecule has 1 aliphatic carbocycles. The maximum absolute atomic E-state index is 12.8. The second-order valence-corrected chi connectivity index (χ2v) is 10.1. The minimum Gasteiger partial charge on any atom is -0.355 e. The number of nitrogens with one attached hydrogen (secondary N) is 3. The number of hydrogen-bond donors (Lipinski definition) is 3. The molecule has 3 rings (SSSR count). The molecule has 0 spiro atoms. The first-order chi connectivity index (χ1) is 16.3. The van der Waals surface area contributed by atoms with Crippen molar-refractivity contribution < 1.29 is 14.4 Å². The topological polar surface area (TPSA) is 87.3 Å². The molecule has 0 bridgehead atoms. The van der Waals surface area contributed by atoms with Gasteiger partial charge in [-0.05, 0) is 62.8 Å². The zero-order chi connectivity index (χ0) is 24.5. The maximum Gasteiger partial charge on any atom is 0.252 e. The van der Waals surface area contributed by atoms with Gasteiger partial charge >= 0.3 is 0 Å². The van der Waals surface area contributed by atoms with Gasteiger partial charge in [-0.25, -0.2) is 0 Å². The molecule has 7 heteroatoms. The molecule has 0 radical (unpaired) electrons. The quantitative estimate of drug-likeness (QED) is 0.450. The zero-order valence-corrected chi connectivity index (χ0v) is 21.1. The molecule has 0 aliphatic heterocycles. The van der Waals surface area contributed by atoms with Crippen LogP contribution in [-0.4, -0.2) is 36.6 Å². The minimum absolute atomic E-state index is 0.0194. The van der Waals surface area contributed by atoms with Crippen LogP contribution in [0.25, 0.3) is 0 Å². The van der Waals surface area contributed by atoms with Gasteiger partial charge in [0.1, 0.15) is 0 Å². The normalized spacial score (nSPS) is 13.9. The lowest BCUT2D eigenvalue weighted by Crippen LogP contribution is -2.33. The highest BCUT2D eigenvalue weighted by molar-refractivity contribution is 8.00. The Kier molecular flexibility index (Phi) is 9.57. The predicted octanol–water partition coefficient (Wildman–Crippen LogP) is 4.77. The lowest BCUT2D eigenvalue weighted by Gasteiger charge is -2.21. The summed E-state index contributed by atoms with van der Waals surface area (Å²) in [5.74, 6) is 0.200. The fourth-order valence-electron chi connectivity index (χ4n) is 4.44. The first kappa shape index (κ1) is 25.8. The van der Waals surface area contributed by atoms with Crippen molar-refractivity contribution in [1.29, 1.82) is 0 Å². The summed E-state index contributed by atoms with van der Waals surface area (Å²) in [4.78, 5) is 38.3. The molecule has 3 amide bonds. The average molecular weight is 482 g/mol. The van der Waals surface area contributed by atoms with Gasteiger partial charge in [0.2, 0.25) is 11.8 Å². The Morgan fingerprint density at radius 2 is 1.59 bits per heavy atom. The third kappa shape index (κ3) is 7.62. The molecule has 1 fully saturated rings. The van der Waals surface area contributed by atoms with Gasteiger partial charge in [0.15, 0.2) is 0 Å². The summed E-state index contributed by atoms with van der Waals surface area (Å²) >= 11 is 1.34. The summed E-state index contributed by atoms with van der Waals surface area (Å²) in [5.41, 5.74) is 4.35. The number of rotatable bonds is 9. The Labute approximate surface area is 206 Å². The first-order valence-electron chi connectivity index (χ1n) is 12.0. The molecule has 2 aromatic rings. The van der Waals surface area contributed by atoms with Crippen LogP contribution in [0.2, 0.25) is 0 Å². The van der Waals surface area contributed by atoms with Crippen LogP contribution >= 0.6 is 11.8 Å². The fraction of sp³-hybridized carbons (Fsp3) is 0.444. The molecule has 3 N–H and O–H groups in total. The Bertz CT molecular complexity index is 1010. The third-order valence-electron chi connectivity index (χ3n) is 6.15. The van der Waals surface area contributed by atoms with Gasteiger partial charge in [-0.3, -0.25) is 14.4 Å². The number of carbonyl (C=O) groups is 3. The highest BCUT2D eigenvalue weighted by Gasteiger charge is 2.17. The van der Waals surface area contributed by atoms with Crippen molar-refractivity contribution in [2.45, 2.75) is 57.8 Å². The molecular weight excluding hydrogens is 446 g/mol. The fourth-order valence-corrected chi connectivity index (χ4v) is 5.32. The number of amides is 3. The van der Waals surface area contributed by atoms with E-state index in [2.05, 4.69) is 16.0 Å². The van der Waals surface area contributed by atoms with Gasteiger partial charge in [0, 0.05) is 17.1 Å². The van der Waals surface area contributed by atoms with E-state index in [1.165, 1.54) is 43.9 Å². The number of hydrogen-bond acceptors (Lipinski definition) is 4. The molecule has 0 saturated heterocycles. The highest BCUT2D eigenvalue weighted by Crippen LogP contribution is 2.25. The van der Waals surface area contributed by atoms with Crippen molar-refractivity contribution in [2.24, 2.45) is 5.92 Å². The Morgan fingerprint density at radius 1 is 0.912 bits per heavy atom. The number of anilines is 1. The van der Waals surface area contributed by atoms with E-state index in [1.807, 2.05) is 45.0 Å². The van der Waals surface area contributed by atoms with E-state index in [1.54, 1.807) is 12.1 Å². The lowest BCUT2D eigenvalue weighted by atomic mass is 9.89. The molecule has 6 nitrogen and oxygen atoms in total. The van der Waals surface area contributed by atoms with Crippen LogP contribution < -0.4 is 16.0 Å². The van der Waals surface area contributed by atoms with Crippen molar-refractivity contribution in [2.75, 3.05) is 24.2 Å². The third-order valence-corrected chi connectivity index (χ3v) is 7.23. The van der Waals surface area contributed by atoms with E-state index in [-0.39, 0.29) is 30.0 Å². The summed E-state index contributed by atoms with van der Waals surface area (Å²) in [5, 5.41) is 8.63. The number of benzene rings is 2. The molecule has 0 atom stereocenters. The summed E-state index contributed by atoms with van der Waals surface area (Å²) in [6.07, 6.45) is 6.17. The van der Waals surface area contributed by atoms with E-state index in [0.29, 0.717) is 11.5 Å². The van der Waals surface area contributed by atoms with Gasteiger partial charge in [-0.15, -0.1) is 11.8 Å². The van der Waals surface area contributed by atoms with Crippen molar-refractivity contribution >= 4 is 35.2 Å². The van der Waals surface area contributed by atoms with Crippen LogP contribution in [-0.2, 0) is 9.59 Å².